The van der Waals surface area contributed by atoms with Gasteiger partial charge in [0.15, 0.2) is 0 Å². The van der Waals surface area contributed by atoms with Gasteiger partial charge in [0.2, 0.25) is 0 Å². The molecule has 0 fully saturated rings. The monoisotopic (exact) mass is 309 g/mol. The van der Waals surface area contributed by atoms with Crippen molar-refractivity contribution in [3.8, 4) is 0 Å². The van der Waals surface area contributed by atoms with E-state index in [1.807, 2.05) is 0 Å². The first-order valence-corrected chi connectivity index (χ1v) is 6.30. The molecule has 7 heteroatoms. The molecule has 2 aromatic carbocycles. The van der Waals surface area contributed by atoms with Gasteiger partial charge in [0, 0.05) is 12.1 Å². The number of benzene rings is 2. The number of halogens is 2. The predicted molar refractivity (Wildman–Crippen MR) is 80.8 cm³/mol. The van der Waals surface area contributed by atoms with Crippen LogP contribution in [0.4, 0.5) is 11.4 Å². The van der Waals surface area contributed by atoms with E-state index in [0.29, 0.717) is 15.7 Å². The van der Waals surface area contributed by atoms with Crippen molar-refractivity contribution in [1.29, 1.82) is 0 Å². The Morgan fingerprint density at radius 1 is 1.10 bits per heavy atom. The molecule has 0 atom stereocenters. The molecule has 0 saturated carbocycles. The Balaban J connectivity index is 2.02. The highest BCUT2D eigenvalue weighted by atomic mass is 35.5. The third-order valence-electron chi connectivity index (χ3n) is 2.43. The lowest BCUT2D eigenvalue weighted by Crippen LogP contribution is -1.92. The summed E-state index contributed by atoms with van der Waals surface area (Å²) in [6, 6.07) is 11.1. The summed E-state index contributed by atoms with van der Waals surface area (Å²) in [4.78, 5) is 10.1. The van der Waals surface area contributed by atoms with Crippen molar-refractivity contribution in [3.05, 3.63) is 68.2 Å². The third-order valence-corrected chi connectivity index (χ3v) is 3.17. The van der Waals surface area contributed by atoms with E-state index in [2.05, 4.69) is 10.5 Å². The first kappa shape index (κ1) is 14.3. The summed E-state index contributed by atoms with van der Waals surface area (Å²) < 4.78 is 0. The fourth-order valence-corrected chi connectivity index (χ4v) is 1.73. The minimum Gasteiger partial charge on any atom is -0.278 e. The van der Waals surface area contributed by atoms with Crippen molar-refractivity contribution in [2.24, 2.45) is 5.10 Å². The van der Waals surface area contributed by atoms with Crippen molar-refractivity contribution in [2.45, 2.75) is 0 Å². The fraction of sp³-hybridized carbons (Fsp3) is 0. The number of anilines is 1. The molecular weight excluding hydrogens is 301 g/mol. The van der Waals surface area contributed by atoms with Crippen LogP contribution in [0.25, 0.3) is 0 Å². The third kappa shape index (κ3) is 3.69. The molecule has 0 bridgehead atoms. The van der Waals surface area contributed by atoms with E-state index in [9.17, 15) is 10.1 Å². The highest BCUT2D eigenvalue weighted by Gasteiger charge is 2.02. The van der Waals surface area contributed by atoms with Crippen LogP contribution in [0.2, 0.25) is 10.0 Å². The van der Waals surface area contributed by atoms with Crippen LogP contribution < -0.4 is 5.43 Å². The average molecular weight is 310 g/mol. The lowest BCUT2D eigenvalue weighted by molar-refractivity contribution is -0.384. The Hall–Kier alpha value is -2.11. The van der Waals surface area contributed by atoms with Crippen LogP contribution in [0.3, 0.4) is 0 Å². The average Bonchev–Trinajstić information content (AvgIpc) is 2.43. The predicted octanol–water partition coefficient (Wildman–Crippen LogP) is 4.35. The molecule has 0 heterocycles. The quantitative estimate of drug-likeness (QED) is 0.518. The van der Waals surface area contributed by atoms with Gasteiger partial charge in [0.25, 0.3) is 5.69 Å². The van der Waals surface area contributed by atoms with Crippen LogP contribution in [0.15, 0.2) is 47.6 Å². The van der Waals surface area contributed by atoms with E-state index in [1.54, 1.807) is 36.5 Å². The summed E-state index contributed by atoms with van der Waals surface area (Å²) >= 11 is 11.7. The maximum atomic E-state index is 10.5. The van der Waals surface area contributed by atoms with Crippen LogP contribution in [0.1, 0.15) is 5.56 Å². The Morgan fingerprint density at radius 2 is 1.80 bits per heavy atom. The Bertz CT molecular complexity index is 657. The SMILES string of the molecule is O=[N+]([O-])c1ccc(/C=N\Nc2ccc(Cl)c(Cl)c2)cc1. The summed E-state index contributed by atoms with van der Waals surface area (Å²) in [6.45, 7) is 0. The van der Waals surface area contributed by atoms with E-state index in [0.717, 1.165) is 5.56 Å². The molecule has 1 N–H and O–H groups in total. The number of hydrogen-bond donors (Lipinski definition) is 1. The fourth-order valence-electron chi connectivity index (χ4n) is 1.43. The van der Waals surface area contributed by atoms with Gasteiger partial charge in [-0.1, -0.05) is 23.2 Å². The topological polar surface area (TPSA) is 67.5 Å². The second kappa shape index (κ2) is 6.36. The molecule has 20 heavy (non-hydrogen) atoms. The van der Waals surface area contributed by atoms with E-state index < -0.39 is 4.92 Å². The molecule has 102 valence electrons. The molecule has 2 rings (SSSR count). The molecule has 0 aliphatic heterocycles. The van der Waals surface area contributed by atoms with Crippen molar-refractivity contribution < 1.29 is 4.92 Å². The first-order chi connectivity index (χ1) is 9.56. The van der Waals surface area contributed by atoms with Crippen molar-refractivity contribution in [3.63, 3.8) is 0 Å². The van der Waals surface area contributed by atoms with Crippen molar-refractivity contribution >= 4 is 40.8 Å². The van der Waals surface area contributed by atoms with Crippen LogP contribution in [-0.2, 0) is 0 Å². The van der Waals surface area contributed by atoms with Gasteiger partial charge >= 0.3 is 0 Å². The lowest BCUT2D eigenvalue weighted by Gasteiger charge is -2.01. The number of nitro benzene ring substituents is 1. The van der Waals surface area contributed by atoms with Gasteiger partial charge in [-0.25, -0.2) is 0 Å². The molecule has 0 spiro atoms. The van der Waals surface area contributed by atoms with E-state index in [4.69, 9.17) is 23.2 Å². The number of rotatable bonds is 4. The normalized spacial score (nSPS) is 10.7. The summed E-state index contributed by atoms with van der Waals surface area (Å²) in [7, 11) is 0. The highest BCUT2D eigenvalue weighted by molar-refractivity contribution is 6.42. The summed E-state index contributed by atoms with van der Waals surface area (Å²) in [6.07, 6.45) is 1.55. The van der Waals surface area contributed by atoms with Crippen LogP contribution in [-0.4, -0.2) is 11.1 Å². The standard InChI is InChI=1S/C13H9Cl2N3O2/c14-12-6-3-10(7-13(12)15)17-16-8-9-1-4-11(5-2-9)18(19)20/h1-8,17H/b16-8-. The van der Waals surface area contributed by atoms with Crippen LogP contribution in [0.5, 0.6) is 0 Å². The van der Waals surface area contributed by atoms with Gasteiger partial charge in [-0.05, 0) is 35.9 Å². The summed E-state index contributed by atoms with van der Waals surface area (Å²) in [5.74, 6) is 0. The van der Waals surface area contributed by atoms with Gasteiger partial charge in [0.1, 0.15) is 0 Å². The number of hydrazone groups is 1. The zero-order valence-corrected chi connectivity index (χ0v) is 11.6. The smallest absolute Gasteiger partial charge is 0.269 e. The Labute approximate surface area is 125 Å². The number of nitrogens with zero attached hydrogens (tertiary/aromatic N) is 2. The minimum absolute atomic E-state index is 0.0413. The van der Waals surface area contributed by atoms with E-state index >= 15 is 0 Å². The van der Waals surface area contributed by atoms with Gasteiger partial charge < -0.3 is 0 Å². The molecular formula is C13H9Cl2N3O2. The molecule has 2 aromatic rings. The number of hydrogen-bond acceptors (Lipinski definition) is 4. The van der Waals surface area contributed by atoms with Gasteiger partial charge in [-0.3, -0.25) is 15.5 Å². The summed E-state index contributed by atoms with van der Waals surface area (Å²) in [5, 5.41) is 15.4. The van der Waals surface area contributed by atoms with Crippen molar-refractivity contribution in [2.75, 3.05) is 5.43 Å². The van der Waals surface area contributed by atoms with Gasteiger partial charge in [0.05, 0.1) is 26.9 Å². The molecule has 0 amide bonds. The minimum atomic E-state index is -0.450. The maximum absolute atomic E-state index is 10.5. The molecule has 0 unspecified atom stereocenters. The zero-order chi connectivity index (χ0) is 14.5. The lowest BCUT2D eigenvalue weighted by atomic mass is 10.2. The zero-order valence-electron chi connectivity index (χ0n) is 10.1. The second-order valence-corrected chi connectivity index (χ2v) is 4.66. The number of non-ortho nitro benzene ring substituents is 1. The van der Waals surface area contributed by atoms with Gasteiger partial charge in [-0.15, -0.1) is 0 Å². The molecule has 0 saturated heterocycles. The Kier molecular flexibility index (Phi) is 4.55. The highest BCUT2D eigenvalue weighted by Crippen LogP contribution is 2.24. The van der Waals surface area contributed by atoms with Gasteiger partial charge in [-0.2, -0.15) is 5.10 Å². The second-order valence-electron chi connectivity index (χ2n) is 3.85. The van der Waals surface area contributed by atoms with E-state index in [1.165, 1.54) is 12.1 Å². The Morgan fingerprint density at radius 3 is 2.40 bits per heavy atom. The maximum Gasteiger partial charge on any atom is 0.269 e. The van der Waals surface area contributed by atoms with E-state index in [-0.39, 0.29) is 5.69 Å². The number of nitrogens with one attached hydrogen (secondary N) is 1. The first-order valence-electron chi connectivity index (χ1n) is 5.55. The van der Waals surface area contributed by atoms with Crippen molar-refractivity contribution in [1.82, 2.24) is 0 Å². The molecule has 0 radical (unpaired) electrons. The van der Waals surface area contributed by atoms with Crippen LogP contribution >= 0.6 is 23.2 Å². The molecule has 0 aliphatic carbocycles. The molecule has 0 aliphatic rings. The largest absolute Gasteiger partial charge is 0.278 e. The summed E-state index contributed by atoms with van der Waals surface area (Å²) in [5.41, 5.74) is 4.26. The van der Waals surface area contributed by atoms with Crippen LogP contribution in [0, 0.1) is 10.1 Å². The molecule has 5 nitrogen and oxygen atoms in total. The molecule has 0 aromatic heterocycles. The number of nitro groups is 1.